The molecule has 0 saturated heterocycles. The molecule has 1 heterocycles. The van der Waals surface area contributed by atoms with Crippen molar-refractivity contribution in [3.8, 4) is 0 Å². The van der Waals surface area contributed by atoms with Crippen LogP contribution in [0.3, 0.4) is 0 Å². The quantitative estimate of drug-likeness (QED) is 0.719. The Morgan fingerprint density at radius 3 is 2.67 bits per heavy atom. The van der Waals surface area contributed by atoms with E-state index < -0.39 is 11.5 Å². The summed E-state index contributed by atoms with van der Waals surface area (Å²) in [6.07, 6.45) is 0.754. The average Bonchev–Trinajstić information content (AvgIpc) is 2.55. The molecule has 0 spiro atoms. The van der Waals surface area contributed by atoms with Crippen LogP contribution in [0.15, 0.2) is 22.8 Å². The van der Waals surface area contributed by atoms with Crippen LogP contribution < -0.4 is 0 Å². The van der Waals surface area contributed by atoms with Crippen LogP contribution in [0.1, 0.15) is 25.7 Å². The van der Waals surface area contributed by atoms with Gasteiger partial charge in [-0.3, -0.25) is 0 Å². The van der Waals surface area contributed by atoms with Gasteiger partial charge < -0.3 is 14.6 Å². The van der Waals surface area contributed by atoms with E-state index >= 15 is 0 Å². The van der Waals surface area contributed by atoms with Crippen LogP contribution in [0.4, 0.5) is 0 Å². The molecule has 12 heavy (non-hydrogen) atoms. The summed E-state index contributed by atoms with van der Waals surface area (Å²) in [6.45, 7) is 3.48. The van der Waals surface area contributed by atoms with Crippen LogP contribution in [0.5, 0.6) is 0 Å². The third kappa shape index (κ3) is 1.68. The lowest BCUT2D eigenvalue weighted by Gasteiger charge is -2.26. The number of aliphatic hydroxyl groups is 2. The molecule has 0 saturated carbocycles. The zero-order valence-electron chi connectivity index (χ0n) is 7.32. The van der Waals surface area contributed by atoms with Gasteiger partial charge in [-0.25, -0.2) is 0 Å². The number of hydrogen-bond acceptors (Lipinski definition) is 3. The first-order valence-corrected chi connectivity index (χ1v) is 3.90. The van der Waals surface area contributed by atoms with Gasteiger partial charge in [0, 0.05) is 5.41 Å². The number of rotatable bonds is 3. The standard InChI is InChI=1S/C9H14O3/c1-9(2,6-10)8(11)7-4-3-5-12-7/h3-5,8,10-11H,6H2,1-2H3. The Labute approximate surface area is 71.6 Å². The van der Waals surface area contributed by atoms with E-state index in [2.05, 4.69) is 0 Å². The molecule has 1 aromatic heterocycles. The van der Waals surface area contributed by atoms with Gasteiger partial charge in [0.1, 0.15) is 11.9 Å². The largest absolute Gasteiger partial charge is 0.467 e. The monoisotopic (exact) mass is 170 g/mol. The highest BCUT2D eigenvalue weighted by Gasteiger charge is 2.30. The van der Waals surface area contributed by atoms with Crippen LogP contribution >= 0.6 is 0 Å². The average molecular weight is 170 g/mol. The highest BCUT2D eigenvalue weighted by atomic mass is 16.4. The normalized spacial score (nSPS) is 14.7. The first-order chi connectivity index (χ1) is 5.58. The number of hydrogen-bond donors (Lipinski definition) is 2. The van der Waals surface area contributed by atoms with Crippen molar-refractivity contribution < 1.29 is 14.6 Å². The summed E-state index contributed by atoms with van der Waals surface area (Å²) in [5.74, 6) is 0.494. The zero-order chi connectivity index (χ0) is 9.19. The van der Waals surface area contributed by atoms with Gasteiger partial charge in [-0.05, 0) is 12.1 Å². The molecule has 0 aliphatic rings. The Hall–Kier alpha value is -0.800. The molecule has 1 unspecified atom stereocenters. The Bertz CT molecular complexity index is 226. The molecule has 1 rings (SSSR count). The van der Waals surface area contributed by atoms with Gasteiger partial charge >= 0.3 is 0 Å². The van der Waals surface area contributed by atoms with Crippen molar-refractivity contribution in [1.29, 1.82) is 0 Å². The topological polar surface area (TPSA) is 53.6 Å². The number of aliphatic hydroxyl groups excluding tert-OH is 2. The predicted octanol–water partition coefficient (Wildman–Crippen LogP) is 1.33. The van der Waals surface area contributed by atoms with Crippen LogP contribution in [0, 0.1) is 5.41 Å². The van der Waals surface area contributed by atoms with Crippen molar-refractivity contribution in [2.24, 2.45) is 5.41 Å². The molecule has 1 aromatic rings. The summed E-state index contributed by atoms with van der Waals surface area (Å²) < 4.78 is 5.02. The highest BCUT2D eigenvalue weighted by Crippen LogP contribution is 2.32. The summed E-state index contributed by atoms with van der Waals surface area (Å²) in [7, 11) is 0. The van der Waals surface area contributed by atoms with Crippen LogP contribution in [0.25, 0.3) is 0 Å². The molecule has 3 heteroatoms. The van der Waals surface area contributed by atoms with E-state index in [4.69, 9.17) is 9.52 Å². The number of furan rings is 1. The second kappa shape index (κ2) is 3.29. The SMILES string of the molecule is CC(C)(CO)C(O)c1ccco1. The van der Waals surface area contributed by atoms with Crippen LogP contribution in [0.2, 0.25) is 0 Å². The summed E-state index contributed by atoms with van der Waals surface area (Å²) in [6, 6.07) is 3.41. The maximum absolute atomic E-state index is 9.68. The lowest BCUT2D eigenvalue weighted by Crippen LogP contribution is -2.25. The van der Waals surface area contributed by atoms with Crippen molar-refractivity contribution in [2.45, 2.75) is 20.0 Å². The first-order valence-electron chi connectivity index (χ1n) is 3.90. The third-order valence-corrected chi connectivity index (χ3v) is 1.96. The van der Waals surface area contributed by atoms with E-state index in [1.165, 1.54) is 6.26 Å². The molecule has 1 atom stereocenters. The highest BCUT2D eigenvalue weighted by molar-refractivity contribution is 5.05. The van der Waals surface area contributed by atoms with Gasteiger partial charge in [0.25, 0.3) is 0 Å². The second-order valence-corrected chi connectivity index (χ2v) is 3.56. The zero-order valence-corrected chi connectivity index (χ0v) is 7.32. The van der Waals surface area contributed by atoms with Gasteiger partial charge in [0.15, 0.2) is 0 Å². The fourth-order valence-electron chi connectivity index (χ4n) is 0.918. The molecule has 3 nitrogen and oxygen atoms in total. The molecule has 0 fully saturated rings. The molecule has 0 amide bonds. The minimum absolute atomic E-state index is 0.0745. The van der Waals surface area contributed by atoms with Gasteiger partial charge in [-0.2, -0.15) is 0 Å². The minimum Gasteiger partial charge on any atom is -0.467 e. The fourth-order valence-corrected chi connectivity index (χ4v) is 0.918. The smallest absolute Gasteiger partial charge is 0.132 e. The van der Waals surface area contributed by atoms with Crippen molar-refractivity contribution in [2.75, 3.05) is 6.61 Å². The molecule has 0 radical (unpaired) electrons. The molecule has 68 valence electrons. The lowest BCUT2D eigenvalue weighted by atomic mass is 9.86. The van der Waals surface area contributed by atoms with E-state index in [1.54, 1.807) is 26.0 Å². The minimum atomic E-state index is -0.752. The van der Waals surface area contributed by atoms with Crippen molar-refractivity contribution >= 4 is 0 Å². The van der Waals surface area contributed by atoms with Crippen LogP contribution in [-0.2, 0) is 0 Å². The Kier molecular flexibility index (Phi) is 2.55. The molecule has 0 aliphatic carbocycles. The predicted molar refractivity (Wildman–Crippen MR) is 44.5 cm³/mol. The van der Waals surface area contributed by atoms with Crippen LogP contribution in [-0.4, -0.2) is 16.8 Å². The van der Waals surface area contributed by atoms with Gasteiger partial charge in [0.2, 0.25) is 0 Å². The van der Waals surface area contributed by atoms with E-state index in [0.717, 1.165) is 0 Å². The maximum Gasteiger partial charge on any atom is 0.132 e. The van der Waals surface area contributed by atoms with Gasteiger partial charge in [0.05, 0.1) is 12.9 Å². The van der Waals surface area contributed by atoms with E-state index in [0.29, 0.717) is 5.76 Å². The summed E-state index contributed by atoms with van der Waals surface area (Å²) in [5.41, 5.74) is -0.558. The summed E-state index contributed by atoms with van der Waals surface area (Å²) >= 11 is 0. The molecule has 0 bridgehead atoms. The van der Waals surface area contributed by atoms with E-state index in [9.17, 15) is 5.11 Å². The molecule has 0 aromatic carbocycles. The van der Waals surface area contributed by atoms with Gasteiger partial charge in [-0.15, -0.1) is 0 Å². The summed E-state index contributed by atoms with van der Waals surface area (Å²) in [4.78, 5) is 0. The van der Waals surface area contributed by atoms with Crippen molar-refractivity contribution in [3.63, 3.8) is 0 Å². The second-order valence-electron chi connectivity index (χ2n) is 3.56. The van der Waals surface area contributed by atoms with Crippen molar-refractivity contribution in [1.82, 2.24) is 0 Å². The van der Waals surface area contributed by atoms with E-state index in [-0.39, 0.29) is 6.61 Å². The molecular formula is C9H14O3. The van der Waals surface area contributed by atoms with Gasteiger partial charge in [-0.1, -0.05) is 13.8 Å². The third-order valence-electron chi connectivity index (χ3n) is 1.96. The Balaban J connectivity index is 2.78. The first kappa shape index (κ1) is 9.29. The summed E-state index contributed by atoms with van der Waals surface area (Å²) in [5, 5.41) is 18.6. The molecule has 2 N–H and O–H groups in total. The fraction of sp³-hybridized carbons (Fsp3) is 0.556. The van der Waals surface area contributed by atoms with E-state index in [1.807, 2.05) is 0 Å². The Morgan fingerprint density at radius 1 is 1.58 bits per heavy atom. The Morgan fingerprint density at radius 2 is 2.25 bits per heavy atom. The van der Waals surface area contributed by atoms with Crippen molar-refractivity contribution in [3.05, 3.63) is 24.2 Å². The molecular weight excluding hydrogens is 156 g/mol. The lowest BCUT2D eigenvalue weighted by molar-refractivity contribution is -0.00678. The maximum atomic E-state index is 9.68. The molecule has 0 aliphatic heterocycles.